The molecule has 4 heteroatoms. The smallest absolute Gasteiger partial charge is 0.126 e. The molecule has 1 aromatic heterocycles. The van der Waals surface area contributed by atoms with Crippen LogP contribution in [0.1, 0.15) is 18.4 Å². The van der Waals surface area contributed by atoms with Crippen LogP contribution in [0.15, 0.2) is 18.2 Å². The molecule has 0 aliphatic rings. The summed E-state index contributed by atoms with van der Waals surface area (Å²) in [5, 5.41) is 1.70. The van der Waals surface area contributed by atoms with E-state index in [1.807, 2.05) is 32.0 Å². The van der Waals surface area contributed by atoms with Crippen LogP contribution in [0.2, 0.25) is 5.02 Å². The highest BCUT2D eigenvalue weighted by Gasteiger charge is 2.08. The Morgan fingerprint density at radius 3 is 2.81 bits per heavy atom. The van der Waals surface area contributed by atoms with Crippen molar-refractivity contribution in [1.82, 2.24) is 9.97 Å². The first kappa shape index (κ1) is 11.3. The number of aryl methyl sites for hydroxylation is 1. The molecule has 2 N–H and O–H groups in total. The fourth-order valence-electron chi connectivity index (χ4n) is 1.75. The Kier molecular flexibility index (Phi) is 3.08. The Labute approximate surface area is 99.7 Å². The molecule has 1 atom stereocenters. The topological polar surface area (TPSA) is 51.8 Å². The molecule has 0 aliphatic heterocycles. The van der Waals surface area contributed by atoms with Crippen LogP contribution < -0.4 is 5.73 Å². The normalized spacial score (nSPS) is 13.0. The van der Waals surface area contributed by atoms with Crippen molar-refractivity contribution in [2.75, 3.05) is 0 Å². The summed E-state index contributed by atoms with van der Waals surface area (Å²) in [6.45, 7) is 3.85. The van der Waals surface area contributed by atoms with Crippen molar-refractivity contribution in [3.63, 3.8) is 0 Å². The Morgan fingerprint density at radius 1 is 1.38 bits per heavy atom. The van der Waals surface area contributed by atoms with E-state index in [-0.39, 0.29) is 6.04 Å². The van der Waals surface area contributed by atoms with Crippen LogP contribution in [0.25, 0.3) is 10.9 Å². The first-order valence-electron chi connectivity index (χ1n) is 5.24. The lowest BCUT2D eigenvalue weighted by molar-refractivity contribution is 0.722. The number of halogens is 1. The van der Waals surface area contributed by atoms with Crippen LogP contribution in [-0.2, 0) is 6.42 Å². The van der Waals surface area contributed by atoms with Crippen LogP contribution in [0, 0.1) is 6.92 Å². The lowest BCUT2D eigenvalue weighted by Crippen LogP contribution is -2.19. The lowest BCUT2D eigenvalue weighted by Gasteiger charge is -2.09. The molecule has 0 saturated heterocycles. The van der Waals surface area contributed by atoms with E-state index in [0.717, 1.165) is 28.8 Å². The first-order valence-corrected chi connectivity index (χ1v) is 5.62. The van der Waals surface area contributed by atoms with Gasteiger partial charge in [-0.1, -0.05) is 11.6 Å². The molecule has 0 radical (unpaired) electrons. The van der Waals surface area contributed by atoms with Crippen molar-refractivity contribution in [3.05, 3.63) is 34.7 Å². The van der Waals surface area contributed by atoms with Gasteiger partial charge in [0.15, 0.2) is 0 Å². The largest absolute Gasteiger partial charge is 0.328 e. The highest BCUT2D eigenvalue weighted by atomic mass is 35.5. The van der Waals surface area contributed by atoms with Crippen molar-refractivity contribution >= 4 is 22.5 Å². The Morgan fingerprint density at radius 2 is 2.12 bits per heavy atom. The maximum Gasteiger partial charge on any atom is 0.126 e. The summed E-state index contributed by atoms with van der Waals surface area (Å²) in [5.41, 5.74) is 7.71. The highest BCUT2D eigenvalue weighted by Crippen LogP contribution is 2.21. The molecule has 0 aliphatic carbocycles. The minimum atomic E-state index is 0.0801. The number of benzene rings is 1. The fraction of sp³-hybridized carbons (Fsp3) is 0.333. The molecule has 84 valence electrons. The van der Waals surface area contributed by atoms with Gasteiger partial charge in [0.05, 0.1) is 11.2 Å². The molecule has 0 spiro atoms. The average molecular weight is 236 g/mol. The molecule has 3 nitrogen and oxygen atoms in total. The standard InChI is InChI=1S/C12H14ClN3/c1-7(14)5-12-10-6-9(13)3-4-11(10)15-8(2)16-12/h3-4,6-7H,5,14H2,1-2H3. The van der Waals surface area contributed by atoms with Crippen molar-refractivity contribution in [2.24, 2.45) is 5.73 Å². The van der Waals surface area contributed by atoms with Crippen molar-refractivity contribution in [3.8, 4) is 0 Å². The number of hydrogen-bond donors (Lipinski definition) is 1. The van der Waals surface area contributed by atoms with E-state index in [2.05, 4.69) is 9.97 Å². The predicted octanol–water partition coefficient (Wildman–Crippen LogP) is 2.48. The van der Waals surface area contributed by atoms with E-state index in [1.54, 1.807) is 0 Å². The van der Waals surface area contributed by atoms with Gasteiger partial charge in [-0.25, -0.2) is 9.97 Å². The van der Waals surface area contributed by atoms with Crippen molar-refractivity contribution < 1.29 is 0 Å². The van der Waals surface area contributed by atoms with E-state index in [0.29, 0.717) is 5.02 Å². The van der Waals surface area contributed by atoms with Crippen molar-refractivity contribution in [2.45, 2.75) is 26.3 Å². The van der Waals surface area contributed by atoms with Gasteiger partial charge < -0.3 is 5.73 Å². The van der Waals surface area contributed by atoms with Crippen molar-refractivity contribution in [1.29, 1.82) is 0 Å². The second kappa shape index (κ2) is 4.36. The van der Waals surface area contributed by atoms with E-state index in [9.17, 15) is 0 Å². The Hall–Kier alpha value is -1.19. The summed E-state index contributed by atoms with van der Waals surface area (Å²) in [6, 6.07) is 5.73. The molecule has 2 aromatic rings. The molecule has 0 amide bonds. The van der Waals surface area contributed by atoms with Gasteiger partial charge >= 0.3 is 0 Å². The molecular formula is C12H14ClN3. The number of aromatic nitrogens is 2. The van der Waals surface area contributed by atoms with Crippen LogP contribution >= 0.6 is 11.6 Å². The van der Waals surface area contributed by atoms with E-state index < -0.39 is 0 Å². The molecular weight excluding hydrogens is 222 g/mol. The molecule has 16 heavy (non-hydrogen) atoms. The summed E-state index contributed by atoms with van der Waals surface area (Å²) in [7, 11) is 0. The molecule has 1 unspecified atom stereocenters. The van der Waals surface area contributed by atoms with Gasteiger partial charge in [0, 0.05) is 22.9 Å². The van der Waals surface area contributed by atoms with Gasteiger partial charge in [-0.15, -0.1) is 0 Å². The molecule has 0 saturated carbocycles. The van der Waals surface area contributed by atoms with Gasteiger partial charge in [0.2, 0.25) is 0 Å². The zero-order chi connectivity index (χ0) is 11.7. The first-order chi connectivity index (χ1) is 7.56. The van der Waals surface area contributed by atoms with Gasteiger partial charge in [-0.3, -0.25) is 0 Å². The summed E-state index contributed by atoms with van der Waals surface area (Å²) in [6.07, 6.45) is 0.736. The maximum absolute atomic E-state index is 5.98. The Balaban J connectivity index is 2.64. The van der Waals surface area contributed by atoms with Crippen LogP contribution in [0.4, 0.5) is 0 Å². The van der Waals surface area contributed by atoms with E-state index >= 15 is 0 Å². The Bertz CT molecular complexity index is 523. The number of fused-ring (bicyclic) bond motifs is 1. The fourth-order valence-corrected chi connectivity index (χ4v) is 1.92. The quantitative estimate of drug-likeness (QED) is 0.870. The van der Waals surface area contributed by atoms with Crippen LogP contribution in [0.3, 0.4) is 0 Å². The molecule has 0 fully saturated rings. The van der Waals surface area contributed by atoms with Gasteiger partial charge in [0.25, 0.3) is 0 Å². The highest BCUT2D eigenvalue weighted by molar-refractivity contribution is 6.31. The zero-order valence-corrected chi connectivity index (χ0v) is 10.1. The average Bonchev–Trinajstić information content (AvgIpc) is 2.18. The summed E-state index contributed by atoms with van der Waals surface area (Å²) in [4.78, 5) is 8.81. The number of hydrogen-bond acceptors (Lipinski definition) is 3. The molecule has 0 bridgehead atoms. The molecule has 1 heterocycles. The third kappa shape index (κ3) is 2.31. The number of nitrogens with two attached hydrogens (primary N) is 1. The van der Waals surface area contributed by atoms with Gasteiger partial charge in [-0.2, -0.15) is 0 Å². The third-order valence-electron chi connectivity index (χ3n) is 2.36. The second-order valence-corrected chi connectivity index (χ2v) is 4.50. The SMILES string of the molecule is Cc1nc(CC(C)N)c2cc(Cl)ccc2n1. The monoisotopic (exact) mass is 235 g/mol. The lowest BCUT2D eigenvalue weighted by atomic mass is 10.1. The van der Waals surface area contributed by atoms with Gasteiger partial charge in [-0.05, 0) is 32.0 Å². The molecule has 2 rings (SSSR count). The van der Waals surface area contributed by atoms with Crippen LogP contribution in [0.5, 0.6) is 0 Å². The summed E-state index contributed by atoms with van der Waals surface area (Å²) < 4.78 is 0. The van der Waals surface area contributed by atoms with E-state index in [4.69, 9.17) is 17.3 Å². The number of nitrogens with zero attached hydrogens (tertiary/aromatic N) is 2. The van der Waals surface area contributed by atoms with Gasteiger partial charge in [0.1, 0.15) is 5.82 Å². The second-order valence-electron chi connectivity index (χ2n) is 4.06. The minimum absolute atomic E-state index is 0.0801. The van der Waals surface area contributed by atoms with Crippen LogP contribution in [-0.4, -0.2) is 16.0 Å². The predicted molar refractivity (Wildman–Crippen MR) is 66.6 cm³/mol. The summed E-state index contributed by atoms with van der Waals surface area (Å²) in [5.74, 6) is 0.769. The minimum Gasteiger partial charge on any atom is -0.328 e. The third-order valence-corrected chi connectivity index (χ3v) is 2.60. The summed E-state index contributed by atoms with van der Waals surface area (Å²) >= 11 is 5.98. The zero-order valence-electron chi connectivity index (χ0n) is 9.37. The maximum atomic E-state index is 5.98. The van der Waals surface area contributed by atoms with E-state index in [1.165, 1.54) is 0 Å². The molecule has 1 aromatic carbocycles. The number of rotatable bonds is 2.